The van der Waals surface area contributed by atoms with Gasteiger partial charge in [-0.25, -0.2) is 0 Å². The van der Waals surface area contributed by atoms with E-state index in [0.29, 0.717) is 31.6 Å². The fourth-order valence-corrected chi connectivity index (χ4v) is 5.30. The lowest BCUT2D eigenvalue weighted by Crippen LogP contribution is -2.33. The van der Waals surface area contributed by atoms with Gasteiger partial charge in [-0.2, -0.15) is 0 Å². The lowest BCUT2D eigenvalue weighted by Gasteiger charge is -2.22. The summed E-state index contributed by atoms with van der Waals surface area (Å²) >= 11 is 0. The summed E-state index contributed by atoms with van der Waals surface area (Å²) in [5.74, 6) is -0.333. The summed E-state index contributed by atoms with van der Waals surface area (Å²) in [7, 11) is 1.40. The highest BCUT2D eigenvalue weighted by atomic mass is 16.5. The molecule has 43 heavy (non-hydrogen) atoms. The minimum absolute atomic E-state index is 0.0603. The third kappa shape index (κ3) is 10.5. The van der Waals surface area contributed by atoms with Crippen LogP contribution < -0.4 is 5.32 Å². The Kier molecular flexibility index (Phi) is 12.5. The van der Waals surface area contributed by atoms with Gasteiger partial charge in [0.05, 0.1) is 7.11 Å². The highest BCUT2D eigenvalue weighted by molar-refractivity contribution is 5.95. The first-order chi connectivity index (χ1) is 21.0. The van der Waals surface area contributed by atoms with Crippen molar-refractivity contribution in [2.75, 3.05) is 39.8 Å². The Balaban J connectivity index is 1.41. The van der Waals surface area contributed by atoms with Crippen LogP contribution in [0.1, 0.15) is 60.0 Å². The molecule has 0 atom stereocenters. The molecule has 1 heterocycles. The number of likely N-dealkylation sites (tertiary alicyclic amines) is 1. The van der Waals surface area contributed by atoms with E-state index >= 15 is 0 Å². The molecule has 7 nitrogen and oxygen atoms in total. The van der Waals surface area contributed by atoms with E-state index in [0.717, 1.165) is 61.2 Å². The number of benzene rings is 3. The molecule has 0 bridgehead atoms. The molecule has 3 aromatic rings. The number of carbonyl (C=O) groups is 3. The van der Waals surface area contributed by atoms with Gasteiger partial charge in [0.15, 0.2) is 0 Å². The minimum Gasteiger partial charge on any atom is -0.469 e. The number of nitrogens with zero attached hydrogens (tertiary/aromatic N) is 2. The van der Waals surface area contributed by atoms with E-state index in [1.165, 1.54) is 20.0 Å². The van der Waals surface area contributed by atoms with Crippen molar-refractivity contribution in [1.29, 1.82) is 0 Å². The van der Waals surface area contributed by atoms with Gasteiger partial charge in [-0.05, 0) is 85.3 Å². The van der Waals surface area contributed by atoms with Crippen LogP contribution in [0.25, 0.3) is 17.2 Å². The van der Waals surface area contributed by atoms with Crippen molar-refractivity contribution in [3.05, 3.63) is 102 Å². The Morgan fingerprint density at radius 3 is 2.40 bits per heavy atom. The summed E-state index contributed by atoms with van der Waals surface area (Å²) in [5, 5.41) is 3.06. The molecule has 3 aromatic carbocycles. The summed E-state index contributed by atoms with van der Waals surface area (Å²) in [4.78, 5) is 41.8. The quantitative estimate of drug-likeness (QED) is 0.136. The van der Waals surface area contributed by atoms with Gasteiger partial charge in [0, 0.05) is 44.2 Å². The molecule has 4 rings (SSSR count). The van der Waals surface area contributed by atoms with E-state index < -0.39 is 0 Å². The highest BCUT2D eigenvalue weighted by Gasteiger charge is 2.14. The summed E-state index contributed by atoms with van der Waals surface area (Å²) in [6.45, 7) is 4.79. The number of esters is 1. The Hall–Kier alpha value is -4.23. The van der Waals surface area contributed by atoms with E-state index in [4.69, 9.17) is 4.74 Å². The number of ether oxygens (including phenoxy) is 1. The fourth-order valence-electron chi connectivity index (χ4n) is 5.30. The predicted octanol–water partition coefficient (Wildman–Crippen LogP) is 5.95. The maximum Gasteiger partial charge on any atom is 0.305 e. The largest absolute Gasteiger partial charge is 0.469 e. The lowest BCUT2D eigenvalue weighted by atomic mass is 10.0. The molecule has 2 amide bonds. The summed E-state index contributed by atoms with van der Waals surface area (Å²) < 4.78 is 4.74. The van der Waals surface area contributed by atoms with E-state index in [1.54, 1.807) is 6.08 Å². The van der Waals surface area contributed by atoms with Crippen molar-refractivity contribution in [1.82, 2.24) is 15.1 Å². The number of nitrogens with one attached hydrogen (secondary N) is 1. The average molecular weight is 582 g/mol. The van der Waals surface area contributed by atoms with Gasteiger partial charge in [-0.3, -0.25) is 14.4 Å². The monoisotopic (exact) mass is 581 g/mol. The number of carbonyl (C=O) groups excluding carboxylic acids is 3. The molecule has 1 aliphatic rings. The van der Waals surface area contributed by atoms with Crippen molar-refractivity contribution < 1.29 is 19.1 Å². The molecule has 1 N–H and O–H groups in total. The SMILES string of the molecule is COC(=O)CCCCCN(Cc1cccc(-c2cccc(C(=O)NCCN3CCCC3)c2)c1)C(=O)/C=C/c1ccccc1. The first-order valence-corrected chi connectivity index (χ1v) is 15.3. The molecule has 226 valence electrons. The predicted molar refractivity (Wildman–Crippen MR) is 171 cm³/mol. The third-order valence-corrected chi connectivity index (χ3v) is 7.74. The van der Waals surface area contributed by atoms with Crippen molar-refractivity contribution >= 4 is 23.9 Å². The summed E-state index contributed by atoms with van der Waals surface area (Å²) in [6.07, 6.45) is 8.67. The van der Waals surface area contributed by atoms with Crippen LogP contribution in [0.15, 0.2) is 84.9 Å². The van der Waals surface area contributed by atoms with Gasteiger partial charge >= 0.3 is 5.97 Å². The number of hydrogen-bond donors (Lipinski definition) is 1. The second-order valence-electron chi connectivity index (χ2n) is 11.0. The Morgan fingerprint density at radius 2 is 1.63 bits per heavy atom. The molecule has 1 saturated heterocycles. The first-order valence-electron chi connectivity index (χ1n) is 15.3. The standard InChI is InChI=1S/C36H43N3O4/c1-43-35(41)18-6-3-7-24-39(34(40)20-19-29-12-4-2-5-13-29)28-30-14-10-15-31(26-30)32-16-11-17-33(27-32)36(42)37-21-25-38-22-8-9-23-38/h2,4-5,10-17,19-20,26-27H,3,6-9,18,21-25,28H2,1H3,(H,37,42)/b20-19+. The Labute approximate surface area is 255 Å². The average Bonchev–Trinajstić information content (AvgIpc) is 3.57. The number of rotatable bonds is 15. The molecule has 0 saturated carbocycles. The number of unbranched alkanes of at least 4 members (excludes halogenated alkanes) is 2. The van der Waals surface area contributed by atoms with Crippen LogP contribution in [-0.4, -0.2) is 67.4 Å². The topological polar surface area (TPSA) is 79.0 Å². The fraction of sp³-hybridized carbons (Fsp3) is 0.361. The number of hydrogen-bond acceptors (Lipinski definition) is 5. The van der Waals surface area contributed by atoms with Gasteiger partial charge in [-0.1, -0.05) is 67.1 Å². The smallest absolute Gasteiger partial charge is 0.305 e. The second-order valence-corrected chi connectivity index (χ2v) is 11.0. The number of amides is 2. The molecule has 0 spiro atoms. The molecule has 0 aromatic heterocycles. The van der Waals surface area contributed by atoms with Crippen LogP contribution in [0.3, 0.4) is 0 Å². The van der Waals surface area contributed by atoms with Gasteiger partial charge in [0.1, 0.15) is 0 Å². The van der Waals surface area contributed by atoms with Gasteiger partial charge < -0.3 is 19.9 Å². The lowest BCUT2D eigenvalue weighted by molar-refractivity contribution is -0.140. The van der Waals surface area contributed by atoms with Gasteiger partial charge in [-0.15, -0.1) is 0 Å². The highest BCUT2D eigenvalue weighted by Crippen LogP contribution is 2.23. The van der Waals surface area contributed by atoms with Crippen LogP contribution in [0.4, 0.5) is 0 Å². The molecule has 1 aliphatic heterocycles. The third-order valence-electron chi connectivity index (χ3n) is 7.74. The van der Waals surface area contributed by atoms with E-state index in [1.807, 2.05) is 83.8 Å². The zero-order valence-corrected chi connectivity index (χ0v) is 25.2. The van der Waals surface area contributed by atoms with Crippen LogP contribution in [0, 0.1) is 0 Å². The van der Waals surface area contributed by atoms with Crippen LogP contribution in [-0.2, 0) is 20.9 Å². The zero-order chi connectivity index (χ0) is 30.3. The summed E-state index contributed by atoms with van der Waals surface area (Å²) in [5.41, 5.74) is 4.57. The first kappa shape index (κ1) is 31.7. The van der Waals surface area contributed by atoms with Crippen LogP contribution >= 0.6 is 0 Å². The molecule has 0 radical (unpaired) electrons. The minimum atomic E-state index is -0.209. The zero-order valence-electron chi connectivity index (χ0n) is 25.2. The normalized spacial score (nSPS) is 13.2. The molecule has 7 heteroatoms. The Morgan fingerprint density at radius 1 is 0.884 bits per heavy atom. The maximum absolute atomic E-state index is 13.3. The molecular formula is C36H43N3O4. The van der Waals surface area contributed by atoms with Crippen molar-refractivity contribution in [3.63, 3.8) is 0 Å². The Bertz CT molecular complexity index is 1370. The molecule has 0 aliphatic carbocycles. The van der Waals surface area contributed by atoms with E-state index in [9.17, 15) is 14.4 Å². The second kappa shape index (κ2) is 17.0. The molecule has 0 unspecified atom stereocenters. The molecule has 1 fully saturated rings. The number of methoxy groups -OCH3 is 1. The van der Waals surface area contributed by atoms with E-state index in [-0.39, 0.29) is 17.8 Å². The van der Waals surface area contributed by atoms with Gasteiger partial charge in [0.2, 0.25) is 5.91 Å². The van der Waals surface area contributed by atoms with Crippen molar-refractivity contribution in [3.8, 4) is 11.1 Å². The van der Waals surface area contributed by atoms with Crippen LogP contribution in [0.2, 0.25) is 0 Å². The van der Waals surface area contributed by atoms with E-state index in [2.05, 4.69) is 16.3 Å². The maximum atomic E-state index is 13.3. The van der Waals surface area contributed by atoms with Crippen molar-refractivity contribution in [2.45, 2.75) is 45.1 Å². The molecular weight excluding hydrogens is 538 g/mol. The van der Waals surface area contributed by atoms with Gasteiger partial charge in [0.25, 0.3) is 5.91 Å². The van der Waals surface area contributed by atoms with Crippen LogP contribution in [0.5, 0.6) is 0 Å². The van der Waals surface area contributed by atoms with Crippen molar-refractivity contribution in [2.24, 2.45) is 0 Å². The summed E-state index contributed by atoms with van der Waals surface area (Å²) in [6, 6.07) is 25.6.